The van der Waals surface area contributed by atoms with Crippen LogP contribution >= 0.6 is 0 Å². The van der Waals surface area contributed by atoms with Crippen LogP contribution in [0.2, 0.25) is 0 Å². The van der Waals surface area contributed by atoms with Gasteiger partial charge >= 0.3 is 0 Å². The lowest BCUT2D eigenvalue weighted by Gasteiger charge is -2.15. The molecule has 2 aromatic carbocycles. The molecule has 0 bridgehead atoms. The van der Waals surface area contributed by atoms with Gasteiger partial charge in [0.1, 0.15) is 11.5 Å². The quantitative estimate of drug-likeness (QED) is 0.345. The maximum absolute atomic E-state index is 12.8. The molecule has 0 saturated carbocycles. The zero-order chi connectivity index (χ0) is 24.9. The Kier molecular flexibility index (Phi) is 6.53. The van der Waals surface area contributed by atoms with E-state index in [1.807, 2.05) is 67.6 Å². The molecule has 5 aromatic rings. The van der Waals surface area contributed by atoms with Crippen LogP contribution in [0.3, 0.4) is 0 Å². The van der Waals surface area contributed by atoms with Crippen molar-refractivity contribution in [3.63, 3.8) is 0 Å². The van der Waals surface area contributed by atoms with Crippen molar-refractivity contribution < 1.29 is 14.3 Å². The summed E-state index contributed by atoms with van der Waals surface area (Å²) in [6.07, 6.45) is 2.71. The van der Waals surface area contributed by atoms with E-state index < -0.39 is 6.10 Å². The number of amides is 1. The molecule has 0 spiro atoms. The monoisotopic (exact) mass is 480 g/mol. The van der Waals surface area contributed by atoms with Crippen LogP contribution in [0.1, 0.15) is 13.8 Å². The number of anilines is 1. The lowest BCUT2D eigenvalue weighted by atomic mass is 10.1. The van der Waals surface area contributed by atoms with Gasteiger partial charge in [0.25, 0.3) is 5.91 Å². The van der Waals surface area contributed by atoms with Crippen LogP contribution in [-0.2, 0) is 4.79 Å². The van der Waals surface area contributed by atoms with Gasteiger partial charge in [-0.2, -0.15) is 9.61 Å². The molecule has 36 heavy (non-hydrogen) atoms. The Morgan fingerprint density at radius 2 is 1.72 bits per heavy atom. The van der Waals surface area contributed by atoms with E-state index in [0.717, 1.165) is 16.9 Å². The van der Waals surface area contributed by atoms with Crippen LogP contribution in [0.5, 0.6) is 11.5 Å². The number of carbonyl (C=O) groups is 1. The molecule has 5 rings (SSSR count). The van der Waals surface area contributed by atoms with Gasteiger partial charge in [-0.1, -0.05) is 12.1 Å². The number of hydrogen-bond donors (Lipinski definition) is 1. The van der Waals surface area contributed by atoms with E-state index in [1.54, 1.807) is 36.0 Å². The first kappa shape index (κ1) is 23.0. The first-order valence-corrected chi connectivity index (χ1v) is 11.5. The number of hydrogen-bond acceptors (Lipinski definition) is 7. The van der Waals surface area contributed by atoms with E-state index in [1.165, 1.54) is 0 Å². The first-order chi connectivity index (χ1) is 17.6. The second-order valence-corrected chi connectivity index (χ2v) is 7.98. The molecular weight excluding hydrogens is 456 g/mol. The number of nitrogens with one attached hydrogen (secondary N) is 1. The average molecular weight is 481 g/mol. The molecule has 0 radical (unpaired) electrons. The molecule has 1 amide bonds. The van der Waals surface area contributed by atoms with Crippen molar-refractivity contribution in [1.82, 2.24) is 24.8 Å². The number of pyridine rings is 1. The highest BCUT2D eigenvalue weighted by molar-refractivity contribution is 5.94. The summed E-state index contributed by atoms with van der Waals surface area (Å²) in [4.78, 5) is 16.8. The number of benzene rings is 2. The minimum atomic E-state index is -0.694. The number of nitrogens with zero attached hydrogens (tertiary/aromatic N) is 5. The zero-order valence-corrected chi connectivity index (χ0v) is 19.8. The maximum Gasteiger partial charge on any atom is 0.265 e. The van der Waals surface area contributed by atoms with Crippen LogP contribution in [-0.4, -0.2) is 43.4 Å². The first-order valence-electron chi connectivity index (χ1n) is 11.5. The van der Waals surface area contributed by atoms with Gasteiger partial charge in [0.05, 0.1) is 12.3 Å². The molecule has 180 valence electrons. The number of rotatable bonds is 8. The van der Waals surface area contributed by atoms with Crippen LogP contribution in [0.25, 0.3) is 28.3 Å². The maximum atomic E-state index is 12.8. The number of carbonyl (C=O) groups excluding carboxylic acids is 1. The van der Waals surface area contributed by atoms with Gasteiger partial charge < -0.3 is 14.8 Å². The molecule has 9 nitrogen and oxygen atoms in total. The molecule has 0 aliphatic rings. The third-order valence-corrected chi connectivity index (χ3v) is 5.44. The fourth-order valence-electron chi connectivity index (χ4n) is 3.66. The fourth-order valence-corrected chi connectivity index (χ4v) is 3.66. The fraction of sp³-hybridized carbons (Fsp3) is 0.148. The number of aromatic nitrogens is 5. The second kappa shape index (κ2) is 10.2. The van der Waals surface area contributed by atoms with Crippen LogP contribution in [0, 0.1) is 0 Å². The summed E-state index contributed by atoms with van der Waals surface area (Å²) in [5, 5.41) is 16.1. The van der Waals surface area contributed by atoms with E-state index in [0.29, 0.717) is 35.2 Å². The highest BCUT2D eigenvalue weighted by Gasteiger charge is 2.16. The molecular formula is C27H24N6O3. The molecule has 3 heterocycles. The summed E-state index contributed by atoms with van der Waals surface area (Å²) in [6.45, 7) is 4.22. The van der Waals surface area contributed by atoms with Crippen LogP contribution in [0.15, 0.2) is 85.2 Å². The molecule has 3 aromatic heterocycles. The summed E-state index contributed by atoms with van der Waals surface area (Å²) >= 11 is 0. The van der Waals surface area contributed by atoms with Crippen LogP contribution < -0.4 is 14.8 Å². The third kappa shape index (κ3) is 5.00. The summed E-state index contributed by atoms with van der Waals surface area (Å²) in [6, 6.07) is 22.1. The summed E-state index contributed by atoms with van der Waals surface area (Å²) in [7, 11) is 0. The van der Waals surface area contributed by atoms with Gasteiger partial charge in [0.2, 0.25) is 0 Å². The van der Waals surface area contributed by atoms with E-state index in [2.05, 4.69) is 20.5 Å². The largest absolute Gasteiger partial charge is 0.494 e. The number of fused-ring (bicyclic) bond motifs is 1. The van der Waals surface area contributed by atoms with Crippen molar-refractivity contribution in [3.05, 3.63) is 85.2 Å². The van der Waals surface area contributed by atoms with Crippen molar-refractivity contribution in [3.8, 4) is 34.1 Å². The minimum Gasteiger partial charge on any atom is -0.494 e. The Labute approximate surface area is 207 Å². The topological polar surface area (TPSA) is 104 Å². The lowest BCUT2D eigenvalue weighted by Crippen LogP contribution is -2.30. The van der Waals surface area contributed by atoms with Crippen LogP contribution in [0.4, 0.5) is 5.69 Å². The van der Waals surface area contributed by atoms with Crippen molar-refractivity contribution in [1.29, 1.82) is 0 Å². The lowest BCUT2D eigenvalue weighted by molar-refractivity contribution is -0.122. The van der Waals surface area contributed by atoms with Gasteiger partial charge in [-0.15, -0.1) is 10.2 Å². The Hall–Kier alpha value is -4.79. The van der Waals surface area contributed by atoms with Crippen molar-refractivity contribution in [2.24, 2.45) is 0 Å². The predicted molar refractivity (Wildman–Crippen MR) is 136 cm³/mol. The highest BCUT2D eigenvalue weighted by atomic mass is 16.5. The van der Waals surface area contributed by atoms with Crippen molar-refractivity contribution in [2.45, 2.75) is 20.0 Å². The Morgan fingerprint density at radius 3 is 2.50 bits per heavy atom. The molecule has 0 saturated heterocycles. The van der Waals surface area contributed by atoms with E-state index in [9.17, 15) is 4.79 Å². The summed E-state index contributed by atoms with van der Waals surface area (Å²) in [5.41, 5.74) is 3.69. The molecule has 0 fully saturated rings. The molecule has 1 N–H and O–H groups in total. The summed E-state index contributed by atoms with van der Waals surface area (Å²) in [5.74, 6) is 1.71. The zero-order valence-electron chi connectivity index (χ0n) is 19.8. The summed E-state index contributed by atoms with van der Waals surface area (Å²) < 4.78 is 12.9. The molecule has 0 aliphatic heterocycles. The molecule has 1 unspecified atom stereocenters. The van der Waals surface area contributed by atoms with Gasteiger partial charge in [-0.3, -0.25) is 9.78 Å². The smallest absolute Gasteiger partial charge is 0.265 e. The second-order valence-electron chi connectivity index (χ2n) is 7.98. The Bertz CT molecular complexity index is 1480. The molecule has 0 aliphatic carbocycles. The Balaban J connectivity index is 1.32. The molecule has 1 atom stereocenters. The SMILES string of the molecule is CCOc1ccc(OC(C)C(=O)Nc2cccc(-c3ccc4nnc(-c5ccncc5)n4n3)c2)cc1. The van der Waals surface area contributed by atoms with E-state index >= 15 is 0 Å². The normalized spacial score (nSPS) is 11.7. The highest BCUT2D eigenvalue weighted by Crippen LogP contribution is 2.24. The van der Waals surface area contributed by atoms with E-state index in [4.69, 9.17) is 14.6 Å². The standard InChI is InChI=1S/C27H24N6O3/c1-3-35-22-7-9-23(10-8-22)36-18(2)27(34)29-21-6-4-5-20(17-21)24-11-12-25-30-31-26(33(25)32-24)19-13-15-28-16-14-19/h4-18H,3H2,1-2H3,(H,29,34). The van der Waals surface area contributed by atoms with Gasteiger partial charge in [0.15, 0.2) is 17.6 Å². The van der Waals surface area contributed by atoms with Gasteiger partial charge in [-0.05, 0) is 74.5 Å². The molecule has 9 heteroatoms. The number of ether oxygens (including phenoxy) is 2. The van der Waals surface area contributed by atoms with Gasteiger partial charge in [-0.25, -0.2) is 0 Å². The van der Waals surface area contributed by atoms with Crippen molar-refractivity contribution in [2.75, 3.05) is 11.9 Å². The van der Waals surface area contributed by atoms with Gasteiger partial charge in [0, 0.05) is 29.2 Å². The third-order valence-electron chi connectivity index (χ3n) is 5.44. The minimum absolute atomic E-state index is 0.261. The van der Waals surface area contributed by atoms with Crippen molar-refractivity contribution >= 4 is 17.2 Å². The Morgan fingerprint density at radius 1 is 0.944 bits per heavy atom. The van der Waals surface area contributed by atoms with E-state index in [-0.39, 0.29) is 5.91 Å². The average Bonchev–Trinajstić information content (AvgIpc) is 3.34. The predicted octanol–water partition coefficient (Wildman–Crippen LogP) is 4.66.